The summed E-state index contributed by atoms with van der Waals surface area (Å²) < 4.78 is 12.2. The van der Waals surface area contributed by atoms with Gasteiger partial charge in [0.2, 0.25) is 0 Å². The van der Waals surface area contributed by atoms with Crippen molar-refractivity contribution in [1.82, 2.24) is 14.5 Å². The number of hydrogen-bond acceptors (Lipinski definition) is 5. The van der Waals surface area contributed by atoms with E-state index in [0.29, 0.717) is 30.1 Å². The zero-order valence-corrected chi connectivity index (χ0v) is 14.4. The first-order valence-electron chi connectivity index (χ1n) is 7.09. The van der Waals surface area contributed by atoms with Gasteiger partial charge >= 0.3 is 5.97 Å². The zero-order chi connectivity index (χ0) is 16.3. The Labute approximate surface area is 132 Å². The zero-order valence-electron chi connectivity index (χ0n) is 13.4. The van der Waals surface area contributed by atoms with Gasteiger partial charge in [-0.05, 0) is 6.04 Å². The molecule has 6 nitrogen and oxygen atoms in total. The molecule has 2 rings (SSSR count). The summed E-state index contributed by atoms with van der Waals surface area (Å²) in [6.07, 6.45) is 3.10. The summed E-state index contributed by atoms with van der Waals surface area (Å²) in [5, 5.41) is 0. The highest BCUT2D eigenvalue weighted by atomic mass is 28.3. The molecule has 8 heteroatoms. The summed E-state index contributed by atoms with van der Waals surface area (Å²) in [6.45, 7) is 7.89. The van der Waals surface area contributed by atoms with E-state index >= 15 is 0 Å². The van der Waals surface area contributed by atoms with E-state index in [9.17, 15) is 4.79 Å². The fourth-order valence-electron chi connectivity index (χ4n) is 1.96. The summed E-state index contributed by atoms with van der Waals surface area (Å²) in [7, 11) is 5.85. The van der Waals surface area contributed by atoms with Gasteiger partial charge in [0.25, 0.3) is 0 Å². The SMILES string of the molecule is [B]c1cnc2c(n1)c(C(=O)OC)cn2COCC[Si](C)(C)C. The third-order valence-corrected chi connectivity index (χ3v) is 4.92. The maximum Gasteiger partial charge on any atom is 0.341 e. The molecular weight excluding hydrogens is 297 g/mol. The number of carbonyl (C=O) groups is 1. The molecule has 0 N–H and O–H groups in total. The molecule has 0 saturated carbocycles. The van der Waals surface area contributed by atoms with Gasteiger partial charge < -0.3 is 14.0 Å². The lowest BCUT2D eigenvalue weighted by molar-refractivity contribution is 0.0600. The molecule has 0 atom stereocenters. The molecular formula is C14H20BN3O3Si. The molecule has 0 spiro atoms. The van der Waals surface area contributed by atoms with Crippen molar-refractivity contribution >= 4 is 38.6 Å². The molecule has 22 heavy (non-hydrogen) atoms. The van der Waals surface area contributed by atoms with Gasteiger partial charge in [-0.3, -0.25) is 4.98 Å². The summed E-state index contributed by atoms with van der Waals surface area (Å²) in [6, 6.07) is 1.08. The summed E-state index contributed by atoms with van der Waals surface area (Å²) in [5.41, 5.74) is 1.59. The number of fused-ring (bicyclic) bond motifs is 1. The second-order valence-corrected chi connectivity index (χ2v) is 11.9. The van der Waals surface area contributed by atoms with Crippen LogP contribution in [0.25, 0.3) is 11.2 Å². The summed E-state index contributed by atoms with van der Waals surface area (Å²) >= 11 is 0. The normalized spacial score (nSPS) is 11.8. The Morgan fingerprint density at radius 3 is 2.77 bits per heavy atom. The van der Waals surface area contributed by atoms with Gasteiger partial charge in [-0.1, -0.05) is 19.6 Å². The van der Waals surface area contributed by atoms with E-state index in [2.05, 4.69) is 29.6 Å². The second-order valence-electron chi connectivity index (χ2n) is 6.32. The molecule has 0 saturated heterocycles. The third kappa shape index (κ3) is 3.95. The summed E-state index contributed by atoms with van der Waals surface area (Å²) in [4.78, 5) is 20.3. The largest absolute Gasteiger partial charge is 0.465 e. The van der Waals surface area contributed by atoms with Gasteiger partial charge in [0.15, 0.2) is 5.65 Å². The number of methoxy groups -OCH3 is 1. The number of esters is 1. The van der Waals surface area contributed by atoms with E-state index in [-0.39, 0.29) is 5.59 Å². The maximum absolute atomic E-state index is 11.8. The average molecular weight is 317 g/mol. The maximum atomic E-state index is 11.8. The Morgan fingerprint density at radius 1 is 1.41 bits per heavy atom. The quantitative estimate of drug-likeness (QED) is 0.457. The fourth-order valence-corrected chi connectivity index (χ4v) is 2.72. The summed E-state index contributed by atoms with van der Waals surface area (Å²) in [5.74, 6) is -0.467. The molecule has 2 aromatic rings. The Bertz CT molecular complexity index is 682. The minimum atomic E-state index is -1.13. The van der Waals surface area contributed by atoms with E-state index in [1.54, 1.807) is 10.8 Å². The predicted molar refractivity (Wildman–Crippen MR) is 88.4 cm³/mol. The Kier molecular flexibility index (Phi) is 5.02. The predicted octanol–water partition coefficient (Wildman–Crippen LogP) is 1.32. The van der Waals surface area contributed by atoms with Crippen LogP contribution in [0.3, 0.4) is 0 Å². The smallest absolute Gasteiger partial charge is 0.341 e. The highest BCUT2D eigenvalue weighted by Crippen LogP contribution is 2.18. The van der Waals surface area contributed by atoms with Gasteiger partial charge in [0, 0.05) is 32.7 Å². The molecule has 2 heterocycles. The number of hydrogen-bond donors (Lipinski definition) is 0. The first kappa shape index (κ1) is 16.7. The van der Waals surface area contributed by atoms with Crippen LogP contribution in [-0.2, 0) is 16.2 Å². The molecule has 0 aliphatic rings. The van der Waals surface area contributed by atoms with Crippen LogP contribution >= 0.6 is 0 Å². The number of carbonyl (C=O) groups excluding carboxylic acids is 1. The molecule has 2 aromatic heterocycles. The van der Waals surface area contributed by atoms with Crippen LogP contribution in [0.4, 0.5) is 0 Å². The van der Waals surface area contributed by atoms with Gasteiger partial charge in [0.05, 0.1) is 7.11 Å². The van der Waals surface area contributed by atoms with Crippen LogP contribution in [0.2, 0.25) is 25.7 Å². The van der Waals surface area contributed by atoms with Crippen LogP contribution in [0.1, 0.15) is 10.4 Å². The van der Waals surface area contributed by atoms with Crippen molar-refractivity contribution in [3.8, 4) is 0 Å². The Hall–Kier alpha value is -1.67. The van der Waals surface area contributed by atoms with Gasteiger partial charge in [0.1, 0.15) is 25.7 Å². The van der Waals surface area contributed by atoms with Crippen molar-refractivity contribution in [2.24, 2.45) is 0 Å². The highest BCUT2D eigenvalue weighted by molar-refractivity contribution is 6.76. The van der Waals surface area contributed by atoms with E-state index in [0.717, 1.165) is 6.04 Å². The Balaban J connectivity index is 2.21. The van der Waals surface area contributed by atoms with Crippen LogP contribution in [0.15, 0.2) is 12.4 Å². The lowest BCUT2D eigenvalue weighted by atomic mass is 10.1. The number of ether oxygens (including phenoxy) is 2. The van der Waals surface area contributed by atoms with E-state index in [4.69, 9.17) is 17.3 Å². The lowest BCUT2D eigenvalue weighted by Crippen LogP contribution is -2.22. The minimum absolute atomic E-state index is 0.259. The van der Waals surface area contributed by atoms with E-state index in [1.807, 2.05) is 0 Å². The Morgan fingerprint density at radius 2 is 2.14 bits per heavy atom. The van der Waals surface area contributed by atoms with Crippen molar-refractivity contribution in [3.63, 3.8) is 0 Å². The first-order chi connectivity index (χ1) is 10.3. The molecule has 0 amide bonds. The van der Waals surface area contributed by atoms with Crippen LogP contribution in [0.5, 0.6) is 0 Å². The minimum Gasteiger partial charge on any atom is -0.465 e. The standard InChI is InChI=1S/C14H20BN3O3Si/c1-20-14(19)10-8-18(9-21-5-6-22(2,3)4)13-12(10)17-11(15)7-16-13/h7-8H,5-6,9H2,1-4H3. The van der Waals surface area contributed by atoms with Gasteiger partial charge in [-0.25, -0.2) is 9.78 Å². The molecule has 0 aliphatic heterocycles. The topological polar surface area (TPSA) is 66.2 Å². The van der Waals surface area contributed by atoms with Crippen LogP contribution < -0.4 is 5.59 Å². The monoisotopic (exact) mass is 317 g/mol. The molecule has 2 radical (unpaired) electrons. The average Bonchev–Trinajstić information content (AvgIpc) is 2.79. The molecule has 116 valence electrons. The first-order valence-corrected chi connectivity index (χ1v) is 10.8. The molecule has 0 bridgehead atoms. The van der Waals surface area contributed by atoms with Crippen molar-refractivity contribution in [1.29, 1.82) is 0 Å². The van der Waals surface area contributed by atoms with Crippen molar-refractivity contribution < 1.29 is 14.3 Å². The van der Waals surface area contributed by atoms with Gasteiger partial charge in [-0.2, -0.15) is 0 Å². The fraction of sp³-hybridized carbons (Fsp3) is 0.500. The molecule has 0 unspecified atom stereocenters. The van der Waals surface area contributed by atoms with E-state index in [1.165, 1.54) is 13.3 Å². The van der Waals surface area contributed by atoms with Crippen molar-refractivity contribution in [2.75, 3.05) is 13.7 Å². The van der Waals surface area contributed by atoms with Crippen LogP contribution in [-0.4, -0.2) is 50.1 Å². The molecule has 0 fully saturated rings. The second kappa shape index (κ2) is 6.62. The van der Waals surface area contributed by atoms with Crippen LogP contribution in [0, 0.1) is 0 Å². The van der Waals surface area contributed by atoms with E-state index < -0.39 is 14.0 Å². The molecule has 0 aromatic carbocycles. The van der Waals surface area contributed by atoms with Crippen molar-refractivity contribution in [3.05, 3.63) is 18.0 Å². The number of aromatic nitrogens is 3. The third-order valence-electron chi connectivity index (χ3n) is 3.22. The number of rotatable bonds is 6. The van der Waals surface area contributed by atoms with Crippen molar-refractivity contribution in [2.45, 2.75) is 32.4 Å². The molecule has 0 aliphatic carbocycles. The lowest BCUT2D eigenvalue weighted by Gasteiger charge is -2.15. The van der Waals surface area contributed by atoms with Gasteiger partial charge in [-0.15, -0.1) is 0 Å². The number of nitrogens with zero attached hydrogens (tertiary/aromatic N) is 3. The highest BCUT2D eigenvalue weighted by Gasteiger charge is 2.18.